The molecule has 0 saturated heterocycles. The largest absolute Gasteiger partial charge is 0.461 e. The Bertz CT molecular complexity index is 1650. The first-order valence-electron chi connectivity index (χ1n) is 17.7. The average Bonchev–Trinajstić information content (AvgIpc) is 3.04. The van der Waals surface area contributed by atoms with Crippen molar-refractivity contribution in [2.24, 2.45) is 22.3 Å². The highest BCUT2D eigenvalue weighted by atomic mass is 16.5. The highest BCUT2D eigenvalue weighted by Gasteiger charge is 2.39. The molecule has 0 radical (unpaired) electrons. The van der Waals surface area contributed by atoms with Crippen molar-refractivity contribution in [3.63, 3.8) is 0 Å². The molecule has 0 bridgehead atoms. The monoisotopic (exact) mass is 696 g/mol. The summed E-state index contributed by atoms with van der Waals surface area (Å²) >= 11 is 0. The van der Waals surface area contributed by atoms with Crippen LogP contribution in [0.2, 0.25) is 0 Å². The molecule has 2 aliphatic rings. The lowest BCUT2D eigenvalue weighted by atomic mass is 9.71. The molecule has 0 aromatic rings. The SMILES string of the molecule is CC1=C(/C=C/C(C)=C/C=C/C(C)=C/C=C/C=C(C)/C=C/C=C(C)/C=C/C2=C(C)C(=O)C(OC(=O)CN)CC2(C)C)C(C)(C)CC(OC(=O)CN)C1. The fourth-order valence-electron chi connectivity index (χ4n) is 6.44. The quantitative estimate of drug-likeness (QED) is 0.138. The van der Waals surface area contributed by atoms with Gasteiger partial charge in [0.25, 0.3) is 0 Å². The summed E-state index contributed by atoms with van der Waals surface area (Å²) in [6.07, 6.45) is 29.9. The van der Waals surface area contributed by atoms with Crippen molar-refractivity contribution in [2.75, 3.05) is 13.1 Å². The van der Waals surface area contributed by atoms with Gasteiger partial charge in [-0.05, 0) is 75.5 Å². The van der Waals surface area contributed by atoms with Gasteiger partial charge in [0.1, 0.15) is 6.10 Å². The van der Waals surface area contributed by atoms with E-state index in [-0.39, 0.29) is 41.8 Å². The Morgan fingerprint density at radius 1 is 0.667 bits per heavy atom. The van der Waals surface area contributed by atoms with Crippen LogP contribution in [0.15, 0.2) is 130 Å². The van der Waals surface area contributed by atoms with E-state index in [4.69, 9.17) is 20.9 Å². The molecule has 0 saturated carbocycles. The molecule has 7 nitrogen and oxygen atoms in total. The Morgan fingerprint density at radius 3 is 1.59 bits per heavy atom. The van der Waals surface area contributed by atoms with Gasteiger partial charge in [-0.25, -0.2) is 0 Å². The zero-order chi connectivity index (χ0) is 38.4. The fourth-order valence-corrected chi connectivity index (χ4v) is 6.44. The van der Waals surface area contributed by atoms with Gasteiger partial charge in [0, 0.05) is 12.8 Å². The lowest BCUT2D eigenvalue weighted by Gasteiger charge is -2.37. The molecule has 0 aromatic carbocycles. The number of carbonyl (C=O) groups excluding carboxylic acids is 3. The van der Waals surface area contributed by atoms with Crippen LogP contribution in [0, 0.1) is 10.8 Å². The molecular formula is C44H60N2O5. The lowest BCUT2D eigenvalue weighted by molar-refractivity contribution is -0.154. The van der Waals surface area contributed by atoms with Gasteiger partial charge >= 0.3 is 11.9 Å². The number of esters is 2. The number of nitrogens with two attached hydrogens (primary N) is 2. The van der Waals surface area contributed by atoms with Crippen molar-refractivity contribution in [3.8, 4) is 0 Å². The predicted molar refractivity (Wildman–Crippen MR) is 210 cm³/mol. The summed E-state index contributed by atoms with van der Waals surface area (Å²) in [5.74, 6) is -1.08. The van der Waals surface area contributed by atoms with Crippen LogP contribution in [0.25, 0.3) is 0 Å². The summed E-state index contributed by atoms with van der Waals surface area (Å²) in [7, 11) is 0. The number of hydrogen-bond acceptors (Lipinski definition) is 7. The molecule has 0 spiro atoms. The number of carbonyl (C=O) groups is 3. The average molecular weight is 697 g/mol. The van der Waals surface area contributed by atoms with Crippen LogP contribution in [-0.4, -0.2) is 43.0 Å². The maximum atomic E-state index is 12.8. The third-order valence-corrected chi connectivity index (χ3v) is 9.15. The Labute approximate surface area is 306 Å². The summed E-state index contributed by atoms with van der Waals surface area (Å²) in [5, 5.41) is 0. The molecule has 51 heavy (non-hydrogen) atoms. The first-order chi connectivity index (χ1) is 23.9. The number of allylic oxidation sites excluding steroid dienone is 20. The molecule has 2 unspecified atom stereocenters. The van der Waals surface area contributed by atoms with Crippen molar-refractivity contribution in [1.82, 2.24) is 0 Å². The normalized spacial score (nSPS) is 22.5. The van der Waals surface area contributed by atoms with Crippen molar-refractivity contribution in [2.45, 2.75) is 101 Å². The van der Waals surface area contributed by atoms with Crippen LogP contribution in [0.5, 0.6) is 0 Å². The second-order valence-corrected chi connectivity index (χ2v) is 14.9. The summed E-state index contributed by atoms with van der Waals surface area (Å²) < 4.78 is 10.8. The van der Waals surface area contributed by atoms with E-state index in [0.717, 1.165) is 40.7 Å². The van der Waals surface area contributed by atoms with E-state index in [1.165, 1.54) is 11.1 Å². The highest BCUT2D eigenvalue weighted by Crippen LogP contribution is 2.42. The molecule has 2 aliphatic carbocycles. The number of hydrogen-bond donors (Lipinski definition) is 2. The van der Waals surface area contributed by atoms with Gasteiger partial charge in [-0.15, -0.1) is 0 Å². The highest BCUT2D eigenvalue weighted by molar-refractivity contribution is 6.01. The van der Waals surface area contributed by atoms with Gasteiger partial charge in [0.05, 0.1) is 13.1 Å². The minimum atomic E-state index is -0.788. The van der Waals surface area contributed by atoms with Gasteiger partial charge < -0.3 is 20.9 Å². The molecule has 0 fully saturated rings. The minimum absolute atomic E-state index is 0.0888. The van der Waals surface area contributed by atoms with Crippen LogP contribution in [-0.2, 0) is 23.9 Å². The second kappa shape index (κ2) is 19.9. The molecule has 4 N–H and O–H groups in total. The standard InChI is InChI=1S/C44H60N2O5/c1-30(17-13-19-32(3)21-23-37-34(5)25-36(26-43(37,7)8)50-40(47)28-45)15-11-12-16-31(2)18-14-20-33(4)22-24-38-35(6)42(49)39(27-44(38,9)10)51-41(48)29-46/h11-24,36,39H,25-29,45-46H2,1-10H3/b12-11+,17-13+,18-14+,23-21+,24-22+,30-15+,31-16+,32-19+,33-20+. The molecule has 0 heterocycles. The molecule has 7 heteroatoms. The second-order valence-electron chi connectivity index (χ2n) is 14.9. The first-order valence-corrected chi connectivity index (χ1v) is 17.7. The third kappa shape index (κ3) is 14.1. The predicted octanol–water partition coefficient (Wildman–Crippen LogP) is 8.75. The van der Waals surface area contributed by atoms with Crippen LogP contribution >= 0.6 is 0 Å². The number of Topliss-reactive ketones (excluding diaryl/α,β-unsaturated/α-hetero) is 1. The molecular weight excluding hydrogens is 636 g/mol. The van der Waals surface area contributed by atoms with Gasteiger partial charge in [-0.1, -0.05) is 141 Å². The molecule has 2 atom stereocenters. The van der Waals surface area contributed by atoms with E-state index < -0.39 is 12.1 Å². The van der Waals surface area contributed by atoms with Gasteiger partial charge in [-0.2, -0.15) is 0 Å². The van der Waals surface area contributed by atoms with Crippen molar-refractivity contribution in [1.29, 1.82) is 0 Å². The maximum absolute atomic E-state index is 12.8. The third-order valence-electron chi connectivity index (χ3n) is 9.15. The molecule has 0 aromatic heterocycles. The van der Waals surface area contributed by atoms with Crippen molar-refractivity contribution < 1.29 is 23.9 Å². The van der Waals surface area contributed by atoms with Crippen molar-refractivity contribution >= 4 is 17.7 Å². The maximum Gasteiger partial charge on any atom is 0.320 e. The Kier molecular flexibility index (Phi) is 16.7. The van der Waals surface area contributed by atoms with Gasteiger partial charge in [0.2, 0.25) is 0 Å². The van der Waals surface area contributed by atoms with Crippen LogP contribution in [0.1, 0.15) is 88.5 Å². The van der Waals surface area contributed by atoms with Gasteiger partial charge in [-0.3, -0.25) is 14.4 Å². The Balaban J connectivity index is 1.95. The number of ether oxygens (including phenoxy) is 2. The molecule has 2 rings (SSSR count). The van der Waals surface area contributed by atoms with Crippen LogP contribution in [0.3, 0.4) is 0 Å². The lowest BCUT2D eigenvalue weighted by Crippen LogP contribution is -2.40. The minimum Gasteiger partial charge on any atom is -0.461 e. The molecule has 0 aliphatic heterocycles. The van der Waals surface area contributed by atoms with Crippen molar-refractivity contribution in [3.05, 3.63) is 130 Å². The zero-order valence-corrected chi connectivity index (χ0v) is 32.5. The summed E-state index contributed by atoms with van der Waals surface area (Å²) in [6.45, 7) is 20.3. The van der Waals surface area contributed by atoms with E-state index in [0.29, 0.717) is 12.0 Å². The first kappa shape index (κ1) is 42.8. The van der Waals surface area contributed by atoms with E-state index in [1.54, 1.807) is 6.92 Å². The topological polar surface area (TPSA) is 122 Å². The summed E-state index contributed by atoms with van der Waals surface area (Å²) in [6, 6.07) is 0. The molecule has 0 amide bonds. The van der Waals surface area contributed by atoms with E-state index in [2.05, 4.69) is 104 Å². The van der Waals surface area contributed by atoms with Crippen LogP contribution in [0.4, 0.5) is 0 Å². The zero-order valence-electron chi connectivity index (χ0n) is 32.5. The molecule has 276 valence electrons. The Hall–Kier alpha value is -4.33. The number of ketones is 1. The van der Waals surface area contributed by atoms with E-state index >= 15 is 0 Å². The van der Waals surface area contributed by atoms with E-state index in [9.17, 15) is 14.4 Å². The van der Waals surface area contributed by atoms with E-state index in [1.807, 2.05) is 43.4 Å². The Morgan fingerprint density at radius 2 is 1.10 bits per heavy atom. The van der Waals surface area contributed by atoms with Gasteiger partial charge in [0.15, 0.2) is 11.9 Å². The smallest absolute Gasteiger partial charge is 0.320 e. The summed E-state index contributed by atoms with van der Waals surface area (Å²) in [4.78, 5) is 36.2. The summed E-state index contributed by atoms with van der Waals surface area (Å²) in [5.41, 5.74) is 18.9. The number of rotatable bonds is 14. The van der Waals surface area contributed by atoms with Crippen LogP contribution < -0.4 is 11.5 Å². The fraction of sp³-hybridized carbons (Fsp3) is 0.432.